The van der Waals surface area contributed by atoms with E-state index < -0.39 is 0 Å². The molecule has 0 fully saturated rings. The van der Waals surface area contributed by atoms with E-state index in [1.807, 2.05) is 18.2 Å². The van der Waals surface area contributed by atoms with E-state index in [4.69, 9.17) is 9.47 Å². The van der Waals surface area contributed by atoms with Gasteiger partial charge >= 0.3 is 5.97 Å². The molecule has 1 atom stereocenters. The number of aromatic nitrogens is 2. The molecule has 0 N–H and O–H groups in total. The zero-order valence-corrected chi connectivity index (χ0v) is 13.1. The van der Waals surface area contributed by atoms with Crippen LogP contribution in [0.15, 0.2) is 36.8 Å². The van der Waals surface area contributed by atoms with Crippen molar-refractivity contribution in [1.29, 1.82) is 0 Å². The van der Waals surface area contributed by atoms with Gasteiger partial charge in [-0.05, 0) is 19.9 Å². The highest BCUT2D eigenvalue weighted by molar-refractivity contribution is 5.65. The first-order valence-electron chi connectivity index (χ1n) is 7.38. The minimum absolute atomic E-state index is 0.119. The number of hydrogen-bond acceptors (Lipinski definition) is 4. The second kappa shape index (κ2) is 5.48. The van der Waals surface area contributed by atoms with Crippen molar-refractivity contribution >= 4 is 5.97 Å². The van der Waals surface area contributed by atoms with Gasteiger partial charge in [0.1, 0.15) is 18.0 Å². The molecular weight excluding hydrogens is 280 g/mol. The number of nitrogens with zero attached hydrogens (tertiary/aromatic N) is 2. The van der Waals surface area contributed by atoms with Crippen molar-refractivity contribution in [2.75, 3.05) is 0 Å². The summed E-state index contributed by atoms with van der Waals surface area (Å²) in [6.07, 6.45) is 4.36. The van der Waals surface area contributed by atoms with Gasteiger partial charge in [-0.25, -0.2) is 4.98 Å². The summed E-state index contributed by atoms with van der Waals surface area (Å²) in [7, 11) is 0. The van der Waals surface area contributed by atoms with Gasteiger partial charge in [-0.3, -0.25) is 4.79 Å². The van der Waals surface area contributed by atoms with Gasteiger partial charge in [0, 0.05) is 18.9 Å². The minimum atomic E-state index is -0.291. The molecule has 2 heterocycles. The standard InChI is InChI=1S/C17H20N2O3/c1-12(20)21-10-13-9-18-11-19(13)15-8-17(2,3)22-16-7-5-4-6-14(15)16/h4-7,9,11,15H,8,10H2,1-3H3. The molecule has 3 rings (SSSR count). The topological polar surface area (TPSA) is 53.3 Å². The molecule has 0 bridgehead atoms. The lowest BCUT2D eigenvalue weighted by Crippen LogP contribution is -2.37. The fourth-order valence-electron chi connectivity index (χ4n) is 2.91. The molecule has 0 amide bonds. The summed E-state index contributed by atoms with van der Waals surface area (Å²) in [6, 6.07) is 8.17. The Morgan fingerprint density at radius 2 is 2.23 bits per heavy atom. The summed E-state index contributed by atoms with van der Waals surface area (Å²) in [5.74, 6) is 0.608. The lowest BCUT2D eigenvalue weighted by Gasteiger charge is -2.38. The Hall–Kier alpha value is -2.30. The fraction of sp³-hybridized carbons (Fsp3) is 0.412. The van der Waals surface area contributed by atoms with Crippen molar-refractivity contribution in [2.45, 2.75) is 45.4 Å². The molecule has 5 heteroatoms. The van der Waals surface area contributed by atoms with Gasteiger partial charge in [-0.15, -0.1) is 0 Å². The maximum Gasteiger partial charge on any atom is 0.303 e. The highest BCUT2D eigenvalue weighted by Crippen LogP contribution is 2.41. The number of benzene rings is 1. The molecule has 2 aromatic rings. The summed E-state index contributed by atoms with van der Waals surface area (Å²) in [6.45, 7) is 5.81. The van der Waals surface area contributed by atoms with Gasteiger partial charge in [0.25, 0.3) is 0 Å². The summed E-state index contributed by atoms with van der Waals surface area (Å²) < 4.78 is 13.3. The molecule has 0 spiro atoms. The number of hydrogen-bond donors (Lipinski definition) is 0. The largest absolute Gasteiger partial charge is 0.487 e. The molecule has 0 aliphatic carbocycles. The monoisotopic (exact) mass is 300 g/mol. The van der Waals surface area contributed by atoms with E-state index in [9.17, 15) is 4.79 Å². The molecule has 22 heavy (non-hydrogen) atoms. The van der Waals surface area contributed by atoms with Crippen molar-refractivity contribution in [1.82, 2.24) is 9.55 Å². The van der Waals surface area contributed by atoms with Crippen LogP contribution >= 0.6 is 0 Å². The van der Waals surface area contributed by atoms with Crippen LogP contribution in [0.4, 0.5) is 0 Å². The third-order valence-electron chi connectivity index (χ3n) is 3.85. The van der Waals surface area contributed by atoms with Crippen molar-refractivity contribution in [3.8, 4) is 5.75 Å². The molecule has 0 radical (unpaired) electrons. The van der Waals surface area contributed by atoms with E-state index in [0.717, 1.165) is 23.4 Å². The Balaban J connectivity index is 1.98. The van der Waals surface area contributed by atoms with Crippen LogP contribution < -0.4 is 4.74 Å². The Bertz CT molecular complexity index is 691. The lowest BCUT2D eigenvalue weighted by molar-refractivity contribution is -0.142. The van der Waals surface area contributed by atoms with Gasteiger partial charge in [0.2, 0.25) is 0 Å². The van der Waals surface area contributed by atoms with Gasteiger partial charge in [-0.2, -0.15) is 0 Å². The van der Waals surface area contributed by atoms with Crippen LogP contribution in [0, 0.1) is 0 Å². The maximum absolute atomic E-state index is 11.1. The summed E-state index contributed by atoms with van der Waals surface area (Å²) in [5.41, 5.74) is 1.75. The summed E-state index contributed by atoms with van der Waals surface area (Å²) in [4.78, 5) is 15.3. The van der Waals surface area contributed by atoms with E-state index in [1.165, 1.54) is 6.92 Å². The lowest BCUT2D eigenvalue weighted by atomic mass is 9.89. The van der Waals surface area contributed by atoms with E-state index in [0.29, 0.717) is 0 Å². The van der Waals surface area contributed by atoms with E-state index in [-0.39, 0.29) is 24.2 Å². The molecule has 0 saturated carbocycles. The zero-order chi connectivity index (χ0) is 15.7. The summed E-state index contributed by atoms with van der Waals surface area (Å²) in [5, 5.41) is 0. The molecule has 1 aromatic carbocycles. The quantitative estimate of drug-likeness (QED) is 0.817. The van der Waals surface area contributed by atoms with Crippen molar-refractivity contribution in [3.05, 3.63) is 48.0 Å². The van der Waals surface area contributed by atoms with Crippen LogP contribution in [0.5, 0.6) is 5.75 Å². The third kappa shape index (κ3) is 2.84. The first-order valence-corrected chi connectivity index (χ1v) is 7.38. The number of para-hydroxylation sites is 1. The Morgan fingerprint density at radius 3 is 3.00 bits per heavy atom. The van der Waals surface area contributed by atoms with Gasteiger partial charge < -0.3 is 14.0 Å². The maximum atomic E-state index is 11.1. The first kappa shape index (κ1) is 14.6. The van der Waals surface area contributed by atoms with Crippen LogP contribution in [-0.2, 0) is 16.1 Å². The SMILES string of the molecule is CC(=O)OCc1cncn1C1CC(C)(C)Oc2ccccc21. The first-order chi connectivity index (χ1) is 10.5. The number of rotatable bonds is 3. The number of ether oxygens (including phenoxy) is 2. The number of fused-ring (bicyclic) bond motifs is 1. The molecule has 1 aliphatic heterocycles. The van der Waals surface area contributed by atoms with Crippen molar-refractivity contribution < 1.29 is 14.3 Å². The van der Waals surface area contributed by atoms with Crippen LogP contribution in [-0.4, -0.2) is 21.1 Å². The molecule has 5 nitrogen and oxygen atoms in total. The van der Waals surface area contributed by atoms with Crippen LogP contribution in [0.25, 0.3) is 0 Å². The second-order valence-electron chi connectivity index (χ2n) is 6.19. The highest BCUT2D eigenvalue weighted by atomic mass is 16.5. The molecule has 1 aliphatic rings. The second-order valence-corrected chi connectivity index (χ2v) is 6.19. The predicted octanol–water partition coefficient (Wildman–Crippen LogP) is 3.10. The number of esters is 1. The normalized spacial score (nSPS) is 19.1. The number of carbonyl (C=O) groups is 1. The van der Waals surface area contributed by atoms with Gasteiger partial charge in [0.15, 0.2) is 0 Å². The van der Waals surface area contributed by atoms with Gasteiger partial charge in [-0.1, -0.05) is 18.2 Å². The van der Waals surface area contributed by atoms with E-state index in [2.05, 4.69) is 29.5 Å². The van der Waals surface area contributed by atoms with E-state index in [1.54, 1.807) is 12.5 Å². The predicted molar refractivity (Wildman–Crippen MR) is 81.6 cm³/mol. The minimum Gasteiger partial charge on any atom is -0.487 e. The Labute approximate surface area is 129 Å². The highest BCUT2D eigenvalue weighted by Gasteiger charge is 2.35. The number of imidazole rings is 1. The van der Waals surface area contributed by atoms with Crippen molar-refractivity contribution in [2.24, 2.45) is 0 Å². The smallest absolute Gasteiger partial charge is 0.303 e. The van der Waals surface area contributed by atoms with Crippen molar-refractivity contribution in [3.63, 3.8) is 0 Å². The molecule has 1 unspecified atom stereocenters. The average molecular weight is 300 g/mol. The molecule has 1 aromatic heterocycles. The van der Waals surface area contributed by atoms with Crippen LogP contribution in [0.3, 0.4) is 0 Å². The zero-order valence-electron chi connectivity index (χ0n) is 13.1. The van der Waals surface area contributed by atoms with Crippen LogP contribution in [0.1, 0.15) is 44.5 Å². The Morgan fingerprint density at radius 1 is 1.45 bits per heavy atom. The molecule has 116 valence electrons. The number of carbonyl (C=O) groups excluding carboxylic acids is 1. The Kier molecular flexibility index (Phi) is 3.64. The van der Waals surface area contributed by atoms with Gasteiger partial charge in [0.05, 0.1) is 24.3 Å². The fourth-order valence-corrected chi connectivity index (χ4v) is 2.91. The van der Waals surface area contributed by atoms with Crippen LogP contribution in [0.2, 0.25) is 0 Å². The molecule has 0 saturated heterocycles. The van der Waals surface area contributed by atoms with E-state index >= 15 is 0 Å². The average Bonchev–Trinajstić information content (AvgIpc) is 2.91. The third-order valence-corrected chi connectivity index (χ3v) is 3.85. The molecular formula is C17H20N2O3. The summed E-state index contributed by atoms with van der Waals surface area (Å²) >= 11 is 0.